The second kappa shape index (κ2) is 4.84. The number of aromatic nitrogens is 2. The minimum absolute atomic E-state index is 0.217. The van der Waals surface area contributed by atoms with Crippen molar-refractivity contribution >= 4 is 23.3 Å². The van der Waals surface area contributed by atoms with Gasteiger partial charge in [0.05, 0.1) is 5.52 Å². The van der Waals surface area contributed by atoms with Gasteiger partial charge in [-0.3, -0.25) is 0 Å². The summed E-state index contributed by atoms with van der Waals surface area (Å²) in [4.78, 5) is 3.02. The molecule has 1 fully saturated rings. The van der Waals surface area contributed by atoms with E-state index in [0.717, 1.165) is 18.4 Å². The first kappa shape index (κ1) is 11.9. The van der Waals surface area contributed by atoms with Crippen LogP contribution in [0.4, 0.5) is 4.39 Å². The van der Waals surface area contributed by atoms with Gasteiger partial charge in [-0.1, -0.05) is 31.7 Å². The molecule has 0 bridgehead atoms. The van der Waals surface area contributed by atoms with Crippen molar-refractivity contribution in [1.82, 2.24) is 9.55 Å². The molecule has 3 rings (SSSR count). The summed E-state index contributed by atoms with van der Waals surface area (Å²) < 4.78 is 16.5. The van der Waals surface area contributed by atoms with E-state index in [2.05, 4.69) is 9.55 Å². The van der Waals surface area contributed by atoms with Crippen LogP contribution < -0.4 is 0 Å². The third kappa shape index (κ3) is 1.99. The molecule has 0 amide bonds. The first-order valence-electron chi connectivity index (χ1n) is 6.66. The molecule has 0 spiro atoms. The van der Waals surface area contributed by atoms with Gasteiger partial charge in [-0.2, -0.15) is 0 Å². The van der Waals surface area contributed by atoms with Crippen molar-refractivity contribution in [3.8, 4) is 0 Å². The van der Waals surface area contributed by atoms with Gasteiger partial charge in [-0.25, -0.2) is 4.39 Å². The van der Waals surface area contributed by atoms with Crippen LogP contribution in [0.2, 0.25) is 0 Å². The molecule has 1 heterocycles. The average Bonchev–Trinajstić information content (AvgIpc) is 2.54. The minimum atomic E-state index is -0.217. The maximum absolute atomic E-state index is 13.7. The Morgan fingerprint density at radius 1 is 1.17 bits per heavy atom. The Morgan fingerprint density at radius 3 is 2.61 bits per heavy atom. The molecule has 0 saturated heterocycles. The van der Waals surface area contributed by atoms with E-state index in [0.29, 0.717) is 16.3 Å². The lowest BCUT2D eigenvalue weighted by Gasteiger charge is -2.17. The first-order valence-corrected chi connectivity index (χ1v) is 7.07. The van der Waals surface area contributed by atoms with Crippen LogP contribution in [0, 0.1) is 10.6 Å². The molecule has 1 N–H and O–H groups in total. The van der Waals surface area contributed by atoms with Gasteiger partial charge in [0.25, 0.3) is 0 Å². The SMILES string of the molecule is Fc1cccc2c1[nH]c(=S)n2C1CCCCCC1. The summed E-state index contributed by atoms with van der Waals surface area (Å²) in [6, 6.07) is 5.62. The molecular weight excluding hydrogens is 247 g/mol. The van der Waals surface area contributed by atoms with Crippen molar-refractivity contribution in [3.63, 3.8) is 0 Å². The third-order valence-corrected chi connectivity index (χ3v) is 4.19. The first-order chi connectivity index (χ1) is 8.77. The van der Waals surface area contributed by atoms with Crippen LogP contribution in [0.15, 0.2) is 18.2 Å². The summed E-state index contributed by atoms with van der Waals surface area (Å²) in [7, 11) is 0. The van der Waals surface area contributed by atoms with E-state index in [1.807, 2.05) is 6.07 Å². The Morgan fingerprint density at radius 2 is 1.89 bits per heavy atom. The van der Waals surface area contributed by atoms with Crippen molar-refractivity contribution < 1.29 is 4.39 Å². The van der Waals surface area contributed by atoms with E-state index in [4.69, 9.17) is 12.2 Å². The Balaban J connectivity index is 2.13. The van der Waals surface area contributed by atoms with Crippen LogP contribution in [-0.4, -0.2) is 9.55 Å². The standard InChI is InChI=1S/C14H17FN2S/c15-11-8-5-9-12-13(11)16-14(18)17(12)10-6-3-1-2-4-7-10/h5,8-10H,1-4,6-7H2,(H,16,18). The highest BCUT2D eigenvalue weighted by Gasteiger charge is 2.18. The van der Waals surface area contributed by atoms with Crippen molar-refractivity contribution in [3.05, 3.63) is 28.8 Å². The molecule has 4 heteroatoms. The Kier molecular flexibility index (Phi) is 3.20. The lowest BCUT2D eigenvalue weighted by molar-refractivity contribution is 0.450. The van der Waals surface area contributed by atoms with Crippen LogP contribution in [0.25, 0.3) is 11.0 Å². The van der Waals surface area contributed by atoms with E-state index in [9.17, 15) is 4.39 Å². The lowest BCUT2D eigenvalue weighted by Crippen LogP contribution is -2.08. The number of aromatic amines is 1. The predicted octanol–water partition coefficient (Wildman–Crippen LogP) is 4.73. The molecule has 0 atom stereocenters. The molecule has 1 aromatic heterocycles. The second-order valence-electron chi connectivity index (χ2n) is 5.08. The zero-order valence-electron chi connectivity index (χ0n) is 10.3. The normalized spacial score (nSPS) is 18.1. The molecule has 1 saturated carbocycles. The number of para-hydroxylation sites is 1. The second-order valence-corrected chi connectivity index (χ2v) is 5.47. The number of hydrogen-bond acceptors (Lipinski definition) is 1. The van der Waals surface area contributed by atoms with Gasteiger partial charge in [-0.15, -0.1) is 0 Å². The fourth-order valence-corrected chi connectivity index (χ4v) is 3.34. The van der Waals surface area contributed by atoms with Gasteiger partial charge in [0.1, 0.15) is 11.3 Å². The number of H-pyrrole nitrogens is 1. The highest BCUT2D eigenvalue weighted by molar-refractivity contribution is 7.71. The molecular formula is C14H17FN2S. The van der Waals surface area contributed by atoms with Gasteiger partial charge in [-0.05, 0) is 37.2 Å². The van der Waals surface area contributed by atoms with E-state index < -0.39 is 0 Å². The van der Waals surface area contributed by atoms with E-state index in [1.54, 1.807) is 6.07 Å². The highest BCUT2D eigenvalue weighted by atomic mass is 32.1. The van der Waals surface area contributed by atoms with Crippen LogP contribution in [0.1, 0.15) is 44.6 Å². The molecule has 2 nitrogen and oxygen atoms in total. The number of benzene rings is 1. The van der Waals surface area contributed by atoms with Crippen molar-refractivity contribution in [1.29, 1.82) is 0 Å². The van der Waals surface area contributed by atoms with E-state index >= 15 is 0 Å². The lowest BCUT2D eigenvalue weighted by atomic mass is 10.1. The number of nitrogens with one attached hydrogen (secondary N) is 1. The summed E-state index contributed by atoms with van der Waals surface area (Å²) >= 11 is 5.38. The predicted molar refractivity (Wildman–Crippen MR) is 73.8 cm³/mol. The van der Waals surface area contributed by atoms with Crippen molar-refractivity contribution in [2.24, 2.45) is 0 Å². The van der Waals surface area contributed by atoms with Crippen LogP contribution in [-0.2, 0) is 0 Å². The number of hydrogen-bond donors (Lipinski definition) is 1. The maximum atomic E-state index is 13.7. The van der Waals surface area contributed by atoms with Crippen LogP contribution in [0.3, 0.4) is 0 Å². The molecule has 0 unspecified atom stereocenters. The monoisotopic (exact) mass is 264 g/mol. The number of fused-ring (bicyclic) bond motifs is 1. The van der Waals surface area contributed by atoms with Gasteiger partial charge < -0.3 is 9.55 Å². The smallest absolute Gasteiger partial charge is 0.178 e. The topological polar surface area (TPSA) is 20.7 Å². The van der Waals surface area contributed by atoms with Gasteiger partial charge in [0, 0.05) is 6.04 Å². The average molecular weight is 264 g/mol. The van der Waals surface area contributed by atoms with Crippen molar-refractivity contribution in [2.75, 3.05) is 0 Å². The van der Waals surface area contributed by atoms with Crippen LogP contribution >= 0.6 is 12.2 Å². The number of imidazole rings is 1. The summed E-state index contributed by atoms with van der Waals surface area (Å²) in [5, 5.41) is 0. The zero-order chi connectivity index (χ0) is 12.5. The molecule has 18 heavy (non-hydrogen) atoms. The van der Waals surface area contributed by atoms with Gasteiger partial charge >= 0.3 is 0 Å². The molecule has 0 radical (unpaired) electrons. The largest absolute Gasteiger partial charge is 0.328 e. The number of nitrogens with zero attached hydrogens (tertiary/aromatic N) is 1. The van der Waals surface area contributed by atoms with Crippen LogP contribution in [0.5, 0.6) is 0 Å². The summed E-state index contributed by atoms with van der Waals surface area (Å²) in [6.45, 7) is 0. The van der Waals surface area contributed by atoms with Gasteiger partial charge in [0.2, 0.25) is 0 Å². The minimum Gasteiger partial charge on any atom is -0.328 e. The molecule has 1 aliphatic rings. The van der Waals surface area contributed by atoms with Gasteiger partial charge in [0.15, 0.2) is 4.77 Å². The zero-order valence-corrected chi connectivity index (χ0v) is 11.1. The fourth-order valence-electron chi connectivity index (χ4n) is 2.99. The molecule has 0 aliphatic heterocycles. The molecule has 1 aliphatic carbocycles. The quantitative estimate of drug-likeness (QED) is 0.583. The summed E-state index contributed by atoms with van der Waals surface area (Å²) in [5.74, 6) is -0.217. The van der Waals surface area contributed by atoms with Crippen molar-refractivity contribution in [2.45, 2.75) is 44.6 Å². The Labute approximate surface area is 111 Å². The Bertz CT molecular complexity index is 606. The number of rotatable bonds is 1. The van der Waals surface area contributed by atoms with E-state index in [1.165, 1.54) is 31.7 Å². The molecule has 2 aromatic rings. The maximum Gasteiger partial charge on any atom is 0.178 e. The van der Waals surface area contributed by atoms with E-state index in [-0.39, 0.29) is 5.82 Å². The fraction of sp³-hybridized carbons (Fsp3) is 0.500. The third-order valence-electron chi connectivity index (χ3n) is 3.89. The number of halogens is 1. The summed E-state index contributed by atoms with van der Waals surface area (Å²) in [5.41, 5.74) is 1.46. The highest BCUT2D eigenvalue weighted by Crippen LogP contribution is 2.31. The Hall–Kier alpha value is -1.16. The molecule has 96 valence electrons. The summed E-state index contributed by atoms with van der Waals surface area (Å²) in [6.07, 6.45) is 7.40. The molecule has 1 aromatic carbocycles.